The first kappa shape index (κ1) is 16.7. The van der Waals surface area contributed by atoms with Crippen LogP contribution < -0.4 is 10.5 Å². The second-order valence-corrected chi connectivity index (χ2v) is 6.46. The third-order valence-corrected chi connectivity index (χ3v) is 4.93. The Balaban J connectivity index is 1.73. The minimum atomic E-state index is -0.0553. The van der Waals surface area contributed by atoms with Crippen LogP contribution >= 0.6 is 11.6 Å². The van der Waals surface area contributed by atoms with E-state index >= 15 is 0 Å². The summed E-state index contributed by atoms with van der Waals surface area (Å²) in [6.45, 7) is 1.45. The Hall–Kier alpha value is -2.20. The van der Waals surface area contributed by atoms with E-state index in [4.69, 9.17) is 22.1 Å². The van der Waals surface area contributed by atoms with Crippen molar-refractivity contribution in [1.82, 2.24) is 4.90 Å². The molecule has 0 radical (unpaired) electrons. The van der Waals surface area contributed by atoms with E-state index in [0.29, 0.717) is 27.9 Å². The second-order valence-electron chi connectivity index (χ2n) is 6.05. The number of ether oxygens (including phenoxy) is 1. The molecule has 3 rings (SSSR count). The molecule has 0 bridgehead atoms. The average molecular weight is 345 g/mol. The lowest BCUT2D eigenvalue weighted by Gasteiger charge is -2.32. The Labute approximate surface area is 147 Å². The van der Waals surface area contributed by atoms with Gasteiger partial charge < -0.3 is 15.4 Å². The summed E-state index contributed by atoms with van der Waals surface area (Å²) in [6.07, 6.45) is 1.92. The molecule has 0 unspecified atom stereocenters. The maximum absolute atomic E-state index is 12.8. The van der Waals surface area contributed by atoms with Gasteiger partial charge in [-0.1, -0.05) is 41.9 Å². The summed E-state index contributed by atoms with van der Waals surface area (Å²) in [7, 11) is 1.53. The minimum Gasteiger partial charge on any atom is -0.496 e. The monoisotopic (exact) mass is 344 g/mol. The van der Waals surface area contributed by atoms with Crippen molar-refractivity contribution in [3.8, 4) is 5.75 Å². The van der Waals surface area contributed by atoms with E-state index in [1.165, 1.54) is 12.7 Å². The SMILES string of the molecule is COc1cc(N)c(Cl)cc1C(=O)N1CCC(c2ccccc2)CC1. The number of piperidine rings is 1. The summed E-state index contributed by atoms with van der Waals surface area (Å²) in [6, 6.07) is 13.7. The second kappa shape index (κ2) is 7.14. The van der Waals surface area contributed by atoms with Gasteiger partial charge in [-0.15, -0.1) is 0 Å². The number of hydrogen-bond acceptors (Lipinski definition) is 3. The highest BCUT2D eigenvalue weighted by Crippen LogP contribution is 2.32. The summed E-state index contributed by atoms with van der Waals surface area (Å²) in [5, 5.41) is 0.373. The number of nitrogen functional groups attached to an aromatic ring is 1. The van der Waals surface area contributed by atoms with Gasteiger partial charge in [0.2, 0.25) is 0 Å². The molecule has 1 heterocycles. The number of carbonyl (C=O) groups is 1. The van der Waals surface area contributed by atoms with Crippen LogP contribution in [0.3, 0.4) is 0 Å². The van der Waals surface area contributed by atoms with Crippen LogP contribution in [0.4, 0.5) is 5.69 Å². The zero-order valence-corrected chi connectivity index (χ0v) is 14.4. The van der Waals surface area contributed by atoms with E-state index in [-0.39, 0.29) is 5.91 Å². The Morgan fingerprint density at radius 3 is 2.50 bits per heavy atom. The zero-order valence-electron chi connectivity index (χ0n) is 13.7. The molecule has 24 heavy (non-hydrogen) atoms. The molecular formula is C19H21ClN2O2. The molecule has 2 aromatic carbocycles. The number of halogens is 1. The van der Waals surface area contributed by atoms with Gasteiger partial charge in [0, 0.05) is 19.2 Å². The predicted octanol–water partition coefficient (Wildman–Crippen LogP) is 3.95. The Morgan fingerprint density at radius 1 is 1.21 bits per heavy atom. The molecule has 1 saturated heterocycles. The van der Waals surface area contributed by atoms with Gasteiger partial charge in [-0.05, 0) is 30.4 Å². The number of anilines is 1. The van der Waals surface area contributed by atoms with Gasteiger partial charge in [0.05, 0.1) is 23.4 Å². The summed E-state index contributed by atoms with van der Waals surface area (Å²) in [5.74, 6) is 0.916. The van der Waals surface area contributed by atoms with E-state index in [1.807, 2.05) is 11.0 Å². The quantitative estimate of drug-likeness (QED) is 0.858. The number of benzene rings is 2. The fourth-order valence-corrected chi connectivity index (χ4v) is 3.38. The molecule has 0 saturated carbocycles. The standard InChI is InChI=1S/C19H21ClN2O2/c1-24-18-12-17(21)16(20)11-15(18)19(23)22-9-7-14(8-10-22)13-5-3-2-4-6-13/h2-6,11-12,14H,7-10,21H2,1H3. The predicted molar refractivity (Wildman–Crippen MR) is 96.7 cm³/mol. The summed E-state index contributed by atoms with van der Waals surface area (Å²) in [5.41, 5.74) is 8.01. The average Bonchev–Trinajstić information content (AvgIpc) is 2.64. The fraction of sp³-hybridized carbons (Fsp3) is 0.316. The highest BCUT2D eigenvalue weighted by atomic mass is 35.5. The summed E-state index contributed by atoms with van der Waals surface area (Å²) < 4.78 is 5.30. The first-order chi connectivity index (χ1) is 11.6. The van der Waals surface area contributed by atoms with E-state index in [2.05, 4.69) is 24.3 Å². The van der Waals surface area contributed by atoms with Crippen LogP contribution in [0.15, 0.2) is 42.5 Å². The Bertz CT molecular complexity index is 726. The molecule has 1 fully saturated rings. The van der Waals surface area contributed by atoms with Gasteiger partial charge in [-0.25, -0.2) is 0 Å². The van der Waals surface area contributed by atoms with Crippen molar-refractivity contribution in [2.24, 2.45) is 0 Å². The van der Waals surface area contributed by atoms with Crippen LogP contribution in [0.25, 0.3) is 0 Å². The first-order valence-electron chi connectivity index (χ1n) is 8.07. The minimum absolute atomic E-state index is 0.0553. The molecule has 1 amide bonds. The number of rotatable bonds is 3. The van der Waals surface area contributed by atoms with Crippen molar-refractivity contribution in [3.05, 3.63) is 58.6 Å². The highest BCUT2D eigenvalue weighted by Gasteiger charge is 2.26. The lowest BCUT2D eigenvalue weighted by Crippen LogP contribution is -2.38. The summed E-state index contributed by atoms with van der Waals surface area (Å²) in [4.78, 5) is 14.7. The van der Waals surface area contributed by atoms with E-state index in [9.17, 15) is 4.79 Å². The molecule has 126 valence electrons. The van der Waals surface area contributed by atoms with Gasteiger partial charge in [0.15, 0.2) is 0 Å². The van der Waals surface area contributed by atoms with Crippen LogP contribution in [0.5, 0.6) is 5.75 Å². The molecule has 1 aliphatic heterocycles. The van der Waals surface area contributed by atoms with Crippen molar-refractivity contribution >= 4 is 23.2 Å². The smallest absolute Gasteiger partial charge is 0.257 e. The molecule has 0 atom stereocenters. The molecular weight excluding hydrogens is 324 g/mol. The van der Waals surface area contributed by atoms with E-state index < -0.39 is 0 Å². The number of nitrogens with zero attached hydrogens (tertiary/aromatic N) is 1. The van der Waals surface area contributed by atoms with Crippen molar-refractivity contribution in [1.29, 1.82) is 0 Å². The third kappa shape index (κ3) is 3.34. The normalized spacial score (nSPS) is 15.3. The Morgan fingerprint density at radius 2 is 1.88 bits per heavy atom. The number of amides is 1. The van der Waals surface area contributed by atoms with Crippen LogP contribution in [-0.2, 0) is 0 Å². The fourth-order valence-electron chi connectivity index (χ4n) is 3.22. The lowest BCUT2D eigenvalue weighted by molar-refractivity contribution is 0.0709. The van der Waals surface area contributed by atoms with Crippen LogP contribution in [-0.4, -0.2) is 31.0 Å². The first-order valence-corrected chi connectivity index (χ1v) is 8.45. The highest BCUT2D eigenvalue weighted by molar-refractivity contribution is 6.33. The van der Waals surface area contributed by atoms with Crippen LogP contribution in [0, 0.1) is 0 Å². The van der Waals surface area contributed by atoms with Crippen LogP contribution in [0.1, 0.15) is 34.7 Å². The number of likely N-dealkylation sites (tertiary alicyclic amines) is 1. The molecule has 0 spiro atoms. The van der Waals surface area contributed by atoms with Gasteiger partial charge in [0.25, 0.3) is 5.91 Å². The molecule has 2 aromatic rings. The molecule has 1 aliphatic rings. The van der Waals surface area contributed by atoms with Crippen molar-refractivity contribution in [2.45, 2.75) is 18.8 Å². The maximum atomic E-state index is 12.8. The lowest BCUT2D eigenvalue weighted by atomic mass is 9.89. The molecule has 5 heteroatoms. The van der Waals surface area contributed by atoms with E-state index in [1.54, 1.807) is 12.1 Å². The maximum Gasteiger partial charge on any atom is 0.257 e. The summed E-state index contributed by atoms with van der Waals surface area (Å²) >= 11 is 6.08. The Kier molecular flexibility index (Phi) is 4.95. The number of methoxy groups -OCH3 is 1. The van der Waals surface area contributed by atoms with Gasteiger partial charge in [0.1, 0.15) is 5.75 Å². The van der Waals surface area contributed by atoms with Crippen molar-refractivity contribution in [3.63, 3.8) is 0 Å². The van der Waals surface area contributed by atoms with Crippen LogP contribution in [0.2, 0.25) is 5.02 Å². The van der Waals surface area contributed by atoms with Crippen molar-refractivity contribution < 1.29 is 9.53 Å². The number of hydrogen-bond donors (Lipinski definition) is 1. The van der Waals surface area contributed by atoms with Gasteiger partial charge in [-0.3, -0.25) is 4.79 Å². The number of carbonyl (C=O) groups excluding carboxylic acids is 1. The molecule has 4 nitrogen and oxygen atoms in total. The number of nitrogens with two attached hydrogens (primary N) is 1. The zero-order chi connectivity index (χ0) is 17.1. The molecule has 0 aliphatic carbocycles. The molecule has 0 aromatic heterocycles. The van der Waals surface area contributed by atoms with Gasteiger partial charge in [-0.2, -0.15) is 0 Å². The van der Waals surface area contributed by atoms with E-state index in [0.717, 1.165) is 25.9 Å². The topological polar surface area (TPSA) is 55.6 Å². The van der Waals surface area contributed by atoms with Gasteiger partial charge >= 0.3 is 0 Å². The largest absolute Gasteiger partial charge is 0.496 e. The molecule has 2 N–H and O–H groups in total. The third-order valence-electron chi connectivity index (χ3n) is 4.60. The van der Waals surface area contributed by atoms with Crippen molar-refractivity contribution in [2.75, 3.05) is 25.9 Å².